The third-order valence-corrected chi connectivity index (χ3v) is 5.27. The van der Waals surface area contributed by atoms with Crippen molar-refractivity contribution in [1.82, 2.24) is 5.32 Å². The lowest BCUT2D eigenvalue weighted by atomic mass is 9.91. The molecule has 1 N–H and O–H groups in total. The lowest BCUT2D eigenvalue weighted by Gasteiger charge is -2.22. The topological polar surface area (TPSA) is 47.6 Å². The summed E-state index contributed by atoms with van der Waals surface area (Å²) in [5, 5.41) is 3.15. The number of aryl methyl sites for hydroxylation is 1. The summed E-state index contributed by atoms with van der Waals surface area (Å²) in [7, 11) is 1.65. The Balaban J connectivity index is 1.63. The minimum Gasteiger partial charge on any atom is -0.497 e. The second-order valence-corrected chi connectivity index (χ2v) is 7.91. The number of nitrogens with one attached hydrogen (secondary N) is 1. The molecular formula is C24H31NO3. The molecule has 3 rings (SSSR count). The molecule has 150 valence electrons. The maximum atomic E-state index is 12.6. The van der Waals surface area contributed by atoms with Gasteiger partial charge in [0.25, 0.3) is 5.91 Å². The summed E-state index contributed by atoms with van der Waals surface area (Å²) in [6.45, 7) is 4.37. The standard InChI is InChI=1S/C24H31NO3/c1-17(2)15-22(19-11-13-20(27-3)14-12-19)25-24(26)16-28-23-10-6-8-18-7-4-5-9-21(18)23/h6,8,10-14,17,22H,4-5,7,9,15-16H2,1-3H3,(H,25,26). The van der Waals surface area contributed by atoms with Crippen LogP contribution in [0.25, 0.3) is 0 Å². The Morgan fingerprint density at radius 2 is 1.82 bits per heavy atom. The molecule has 0 radical (unpaired) electrons. The van der Waals surface area contributed by atoms with Crippen LogP contribution in [0.1, 0.15) is 55.8 Å². The van der Waals surface area contributed by atoms with E-state index < -0.39 is 0 Å². The SMILES string of the molecule is COc1ccc(C(CC(C)C)NC(=O)COc2cccc3c2CCCC3)cc1. The zero-order chi connectivity index (χ0) is 19.9. The highest BCUT2D eigenvalue weighted by atomic mass is 16.5. The molecular weight excluding hydrogens is 350 g/mol. The molecule has 0 saturated heterocycles. The van der Waals surface area contributed by atoms with Crippen molar-refractivity contribution in [2.75, 3.05) is 13.7 Å². The van der Waals surface area contributed by atoms with E-state index in [1.165, 1.54) is 24.0 Å². The quantitative estimate of drug-likeness (QED) is 0.711. The monoisotopic (exact) mass is 381 g/mol. The van der Waals surface area contributed by atoms with E-state index >= 15 is 0 Å². The second-order valence-electron chi connectivity index (χ2n) is 7.91. The highest BCUT2D eigenvalue weighted by Crippen LogP contribution is 2.29. The predicted molar refractivity (Wildman–Crippen MR) is 112 cm³/mol. The molecule has 0 aliphatic heterocycles. The van der Waals surface area contributed by atoms with Gasteiger partial charge in [0.1, 0.15) is 11.5 Å². The first-order chi connectivity index (χ1) is 13.6. The zero-order valence-electron chi connectivity index (χ0n) is 17.2. The zero-order valence-corrected chi connectivity index (χ0v) is 17.2. The molecule has 0 spiro atoms. The molecule has 0 heterocycles. The lowest BCUT2D eigenvalue weighted by molar-refractivity contribution is -0.124. The number of carbonyl (C=O) groups excluding carboxylic acids is 1. The van der Waals surface area contributed by atoms with Gasteiger partial charge in [0.05, 0.1) is 13.2 Å². The van der Waals surface area contributed by atoms with Crippen molar-refractivity contribution in [2.45, 2.75) is 52.0 Å². The van der Waals surface area contributed by atoms with Gasteiger partial charge < -0.3 is 14.8 Å². The third-order valence-electron chi connectivity index (χ3n) is 5.27. The van der Waals surface area contributed by atoms with Crippen molar-refractivity contribution < 1.29 is 14.3 Å². The fourth-order valence-electron chi connectivity index (χ4n) is 3.85. The molecule has 1 atom stereocenters. The van der Waals surface area contributed by atoms with Crippen LogP contribution in [-0.2, 0) is 17.6 Å². The molecule has 2 aromatic carbocycles. The van der Waals surface area contributed by atoms with Crippen LogP contribution in [0.3, 0.4) is 0 Å². The van der Waals surface area contributed by atoms with E-state index in [1.54, 1.807) is 7.11 Å². The van der Waals surface area contributed by atoms with Gasteiger partial charge in [-0.25, -0.2) is 0 Å². The van der Waals surface area contributed by atoms with E-state index in [4.69, 9.17) is 9.47 Å². The van der Waals surface area contributed by atoms with Crippen molar-refractivity contribution in [3.8, 4) is 11.5 Å². The number of methoxy groups -OCH3 is 1. The summed E-state index contributed by atoms with van der Waals surface area (Å²) >= 11 is 0. The number of hydrogen-bond acceptors (Lipinski definition) is 3. The van der Waals surface area contributed by atoms with E-state index in [2.05, 4.69) is 25.2 Å². The maximum Gasteiger partial charge on any atom is 0.258 e. The Morgan fingerprint density at radius 1 is 1.07 bits per heavy atom. The first-order valence-electron chi connectivity index (χ1n) is 10.2. The van der Waals surface area contributed by atoms with Gasteiger partial charge in [-0.05, 0) is 72.9 Å². The predicted octanol–water partition coefficient (Wildman–Crippen LogP) is 4.86. The third kappa shape index (κ3) is 5.28. The number of carbonyl (C=O) groups is 1. The van der Waals surface area contributed by atoms with E-state index in [9.17, 15) is 4.79 Å². The Labute approximate surface area is 168 Å². The number of hydrogen-bond donors (Lipinski definition) is 1. The molecule has 1 amide bonds. The Kier molecular flexibility index (Phi) is 6.96. The largest absolute Gasteiger partial charge is 0.497 e. The first-order valence-corrected chi connectivity index (χ1v) is 10.2. The van der Waals surface area contributed by atoms with Crippen LogP contribution >= 0.6 is 0 Å². The van der Waals surface area contributed by atoms with Gasteiger partial charge in [-0.15, -0.1) is 0 Å². The summed E-state index contributed by atoms with van der Waals surface area (Å²) in [6, 6.07) is 14.0. The summed E-state index contributed by atoms with van der Waals surface area (Å²) < 4.78 is 11.1. The van der Waals surface area contributed by atoms with E-state index in [0.717, 1.165) is 36.3 Å². The number of amides is 1. The van der Waals surface area contributed by atoms with Gasteiger partial charge in [-0.3, -0.25) is 4.79 Å². The van der Waals surface area contributed by atoms with Crippen molar-refractivity contribution in [2.24, 2.45) is 5.92 Å². The fraction of sp³-hybridized carbons (Fsp3) is 0.458. The normalized spacial score (nSPS) is 14.3. The number of benzene rings is 2. The van der Waals surface area contributed by atoms with Gasteiger partial charge in [-0.2, -0.15) is 0 Å². The Bertz CT molecular complexity index is 783. The second kappa shape index (κ2) is 9.63. The van der Waals surface area contributed by atoms with Gasteiger partial charge >= 0.3 is 0 Å². The number of ether oxygens (including phenoxy) is 2. The molecule has 0 aromatic heterocycles. The number of fused-ring (bicyclic) bond motifs is 1. The van der Waals surface area contributed by atoms with Crippen LogP contribution in [-0.4, -0.2) is 19.6 Å². The minimum absolute atomic E-state index is 0.0355. The van der Waals surface area contributed by atoms with Crippen LogP contribution in [0, 0.1) is 5.92 Å². The Hall–Kier alpha value is -2.49. The first kappa shape index (κ1) is 20.2. The van der Waals surface area contributed by atoms with Gasteiger partial charge in [-0.1, -0.05) is 38.1 Å². The summed E-state index contributed by atoms with van der Waals surface area (Å²) in [6.07, 6.45) is 5.43. The number of rotatable bonds is 8. The van der Waals surface area contributed by atoms with Crippen molar-refractivity contribution >= 4 is 5.91 Å². The Morgan fingerprint density at radius 3 is 2.54 bits per heavy atom. The molecule has 4 nitrogen and oxygen atoms in total. The molecule has 4 heteroatoms. The van der Waals surface area contributed by atoms with Crippen LogP contribution in [0.2, 0.25) is 0 Å². The highest BCUT2D eigenvalue weighted by Gasteiger charge is 2.18. The average Bonchev–Trinajstić information content (AvgIpc) is 2.71. The molecule has 0 saturated carbocycles. The average molecular weight is 382 g/mol. The van der Waals surface area contributed by atoms with Gasteiger partial charge in [0, 0.05) is 0 Å². The van der Waals surface area contributed by atoms with E-state index in [0.29, 0.717) is 5.92 Å². The van der Waals surface area contributed by atoms with E-state index in [1.807, 2.05) is 36.4 Å². The highest BCUT2D eigenvalue weighted by molar-refractivity contribution is 5.78. The van der Waals surface area contributed by atoms with Gasteiger partial charge in [0.2, 0.25) is 0 Å². The maximum absolute atomic E-state index is 12.6. The van der Waals surface area contributed by atoms with Crippen LogP contribution in [0.5, 0.6) is 11.5 Å². The smallest absolute Gasteiger partial charge is 0.258 e. The van der Waals surface area contributed by atoms with Crippen LogP contribution in [0.15, 0.2) is 42.5 Å². The molecule has 1 aliphatic rings. The molecule has 0 fully saturated rings. The molecule has 1 unspecified atom stereocenters. The summed E-state index contributed by atoms with van der Waals surface area (Å²) in [5.74, 6) is 2.05. The molecule has 28 heavy (non-hydrogen) atoms. The van der Waals surface area contributed by atoms with Crippen LogP contribution in [0.4, 0.5) is 0 Å². The van der Waals surface area contributed by atoms with Crippen molar-refractivity contribution in [1.29, 1.82) is 0 Å². The summed E-state index contributed by atoms with van der Waals surface area (Å²) in [4.78, 5) is 12.6. The van der Waals surface area contributed by atoms with Crippen molar-refractivity contribution in [3.05, 3.63) is 59.2 Å². The lowest BCUT2D eigenvalue weighted by Crippen LogP contribution is -2.33. The fourth-order valence-corrected chi connectivity index (χ4v) is 3.85. The summed E-state index contributed by atoms with van der Waals surface area (Å²) in [5.41, 5.74) is 3.72. The van der Waals surface area contributed by atoms with Crippen LogP contribution < -0.4 is 14.8 Å². The molecule has 1 aliphatic carbocycles. The molecule has 2 aromatic rings. The van der Waals surface area contributed by atoms with Gasteiger partial charge in [0.15, 0.2) is 6.61 Å². The van der Waals surface area contributed by atoms with Crippen molar-refractivity contribution in [3.63, 3.8) is 0 Å². The molecule has 0 bridgehead atoms. The van der Waals surface area contributed by atoms with E-state index in [-0.39, 0.29) is 18.6 Å². The minimum atomic E-state index is -0.0881.